The molecule has 19 heavy (non-hydrogen) atoms. The molecule has 0 aliphatic rings. The molecule has 1 atom stereocenters. The molecule has 5 nitrogen and oxygen atoms in total. The molecule has 0 saturated heterocycles. The standard InChI is InChI=1S/C11H17NO4S3/c1-7-5-18-9(11(13)14)10(7)19(15,16)12(3)8(2)6-17-4/h5,8H,6H2,1-4H3,(H,13,14). The molecule has 1 aromatic heterocycles. The highest BCUT2D eigenvalue weighted by atomic mass is 32.2. The van der Waals surface area contributed by atoms with Crippen molar-refractivity contribution in [1.29, 1.82) is 0 Å². The van der Waals surface area contributed by atoms with Crippen LogP contribution in [-0.4, -0.2) is 48.9 Å². The molecule has 1 aromatic rings. The van der Waals surface area contributed by atoms with Crippen molar-refractivity contribution in [1.82, 2.24) is 4.31 Å². The number of aryl methyl sites for hydroxylation is 1. The Labute approximate surface area is 121 Å². The van der Waals surface area contributed by atoms with Gasteiger partial charge in [-0.15, -0.1) is 11.3 Å². The minimum Gasteiger partial charge on any atom is -0.477 e. The van der Waals surface area contributed by atoms with Gasteiger partial charge in [0, 0.05) is 18.8 Å². The molecule has 1 rings (SSSR count). The van der Waals surface area contributed by atoms with E-state index in [4.69, 9.17) is 5.11 Å². The van der Waals surface area contributed by atoms with Crippen LogP contribution in [-0.2, 0) is 10.0 Å². The van der Waals surface area contributed by atoms with E-state index in [-0.39, 0.29) is 15.8 Å². The maximum atomic E-state index is 12.5. The van der Waals surface area contributed by atoms with Gasteiger partial charge in [0.25, 0.3) is 0 Å². The van der Waals surface area contributed by atoms with E-state index in [2.05, 4.69) is 0 Å². The number of carboxylic acid groups (broad SMARTS) is 1. The molecule has 0 spiro atoms. The van der Waals surface area contributed by atoms with Gasteiger partial charge in [-0.05, 0) is 31.0 Å². The molecule has 0 bridgehead atoms. The fraction of sp³-hybridized carbons (Fsp3) is 0.545. The lowest BCUT2D eigenvalue weighted by atomic mass is 10.3. The van der Waals surface area contributed by atoms with Crippen LogP contribution in [0.2, 0.25) is 0 Å². The molecule has 1 heterocycles. The zero-order valence-electron chi connectivity index (χ0n) is 11.2. The maximum absolute atomic E-state index is 12.5. The number of hydrogen-bond acceptors (Lipinski definition) is 5. The molecular weight excluding hydrogens is 306 g/mol. The number of thioether (sulfide) groups is 1. The molecule has 108 valence electrons. The normalized spacial score (nSPS) is 13.7. The molecule has 0 amide bonds. The smallest absolute Gasteiger partial charge is 0.347 e. The van der Waals surface area contributed by atoms with E-state index in [1.807, 2.05) is 6.26 Å². The Morgan fingerprint density at radius 2 is 2.16 bits per heavy atom. The van der Waals surface area contributed by atoms with Crippen LogP contribution in [0.1, 0.15) is 22.2 Å². The molecule has 0 saturated carbocycles. The number of sulfonamides is 1. The molecule has 1 unspecified atom stereocenters. The van der Waals surface area contributed by atoms with Gasteiger partial charge in [-0.1, -0.05) is 0 Å². The summed E-state index contributed by atoms with van der Waals surface area (Å²) in [6, 6.07) is -0.194. The third-order valence-corrected chi connectivity index (χ3v) is 6.97. The van der Waals surface area contributed by atoms with Crippen molar-refractivity contribution in [3.63, 3.8) is 0 Å². The van der Waals surface area contributed by atoms with Gasteiger partial charge in [0.1, 0.15) is 9.77 Å². The van der Waals surface area contributed by atoms with Crippen LogP contribution < -0.4 is 0 Å². The molecule has 1 N–H and O–H groups in total. The maximum Gasteiger partial charge on any atom is 0.347 e. The van der Waals surface area contributed by atoms with Crippen LogP contribution in [0.5, 0.6) is 0 Å². The number of nitrogens with zero attached hydrogens (tertiary/aromatic N) is 1. The first-order valence-corrected chi connectivity index (χ1v) is 9.23. The van der Waals surface area contributed by atoms with E-state index in [0.717, 1.165) is 11.3 Å². The van der Waals surface area contributed by atoms with Crippen molar-refractivity contribution in [2.75, 3.05) is 19.1 Å². The molecule has 0 aliphatic carbocycles. The Balaban J connectivity index is 3.28. The lowest BCUT2D eigenvalue weighted by Gasteiger charge is -2.24. The van der Waals surface area contributed by atoms with Crippen molar-refractivity contribution >= 4 is 39.1 Å². The number of carbonyl (C=O) groups is 1. The van der Waals surface area contributed by atoms with Gasteiger partial charge in [-0.3, -0.25) is 0 Å². The molecule has 0 fully saturated rings. The van der Waals surface area contributed by atoms with Crippen LogP contribution in [0.15, 0.2) is 10.3 Å². The zero-order valence-corrected chi connectivity index (χ0v) is 13.7. The van der Waals surface area contributed by atoms with E-state index in [1.54, 1.807) is 31.0 Å². The number of thiophene rings is 1. The van der Waals surface area contributed by atoms with Crippen molar-refractivity contribution in [3.8, 4) is 0 Å². The molecule has 0 aliphatic heterocycles. The SMILES string of the molecule is CSCC(C)N(C)S(=O)(=O)c1c(C)csc1C(=O)O. The van der Waals surface area contributed by atoms with E-state index in [9.17, 15) is 13.2 Å². The summed E-state index contributed by atoms with van der Waals surface area (Å²) in [6.45, 7) is 3.42. The fourth-order valence-corrected chi connectivity index (χ4v) is 5.37. The first-order chi connectivity index (χ1) is 8.73. The van der Waals surface area contributed by atoms with Crippen LogP contribution in [0, 0.1) is 6.92 Å². The molecule has 8 heteroatoms. The van der Waals surface area contributed by atoms with Gasteiger partial charge in [0.15, 0.2) is 0 Å². The van der Waals surface area contributed by atoms with E-state index < -0.39 is 16.0 Å². The highest BCUT2D eigenvalue weighted by Crippen LogP contribution is 2.30. The van der Waals surface area contributed by atoms with Crippen LogP contribution in [0.25, 0.3) is 0 Å². The second kappa shape index (κ2) is 6.25. The predicted octanol–water partition coefficient (Wildman–Crippen LogP) is 2.13. The number of rotatable bonds is 6. The second-order valence-corrected chi connectivity index (χ2v) is 7.93. The van der Waals surface area contributed by atoms with Gasteiger partial charge in [-0.25, -0.2) is 13.2 Å². The number of hydrogen-bond donors (Lipinski definition) is 1. The van der Waals surface area contributed by atoms with Crippen LogP contribution in [0.3, 0.4) is 0 Å². The Morgan fingerprint density at radius 1 is 1.58 bits per heavy atom. The van der Waals surface area contributed by atoms with Crippen LogP contribution in [0.4, 0.5) is 0 Å². The minimum atomic E-state index is -3.77. The van der Waals surface area contributed by atoms with Gasteiger partial charge in [0.05, 0.1) is 0 Å². The van der Waals surface area contributed by atoms with Gasteiger partial charge >= 0.3 is 5.97 Å². The Hall–Kier alpha value is -0.570. The monoisotopic (exact) mass is 323 g/mol. The van der Waals surface area contributed by atoms with Crippen molar-refractivity contribution < 1.29 is 18.3 Å². The topological polar surface area (TPSA) is 74.7 Å². The summed E-state index contributed by atoms with van der Waals surface area (Å²) in [7, 11) is -2.29. The van der Waals surface area contributed by atoms with E-state index in [0.29, 0.717) is 11.3 Å². The van der Waals surface area contributed by atoms with E-state index >= 15 is 0 Å². The first-order valence-electron chi connectivity index (χ1n) is 5.51. The van der Waals surface area contributed by atoms with Crippen molar-refractivity contribution in [2.24, 2.45) is 0 Å². The van der Waals surface area contributed by atoms with Gasteiger partial charge < -0.3 is 5.11 Å². The third kappa shape index (κ3) is 3.31. The van der Waals surface area contributed by atoms with Gasteiger partial charge in [-0.2, -0.15) is 16.1 Å². The Bertz CT molecular complexity index is 564. The summed E-state index contributed by atoms with van der Waals surface area (Å²) in [6.07, 6.45) is 1.90. The highest BCUT2D eigenvalue weighted by Gasteiger charge is 2.32. The van der Waals surface area contributed by atoms with Gasteiger partial charge in [0.2, 0.25) is 10.0 Å². The lowest BCUT2D eigenvalue weighted by molar-refractivity contribution is 0.0698. The summed E-state index contributed by atoms with van der Waals surface area (Å²) in [5.74, 6) is -0.552. The molecule has 0 radical (unpaired) electrons. The largest absolute Gasteiger partial charge is 0.477 e. The van der Waals surface area contributed by atoms with Crippen molar-refractivity contribution in [2.45, 2.75) is 24.8 Å². The number of aromatic carboxylic acids is 1. The number of carboxylic acids is 1. The fourth-order valence-electron chi connectivity index (χ4n) is 1.63. The average molecular weight is 323 g/mol. The zero-order chi connectivity index (χ0) is 14.8. The quantitative estimate of drug-likeness (QED) is 0.868. The summed E-state index contributed by atoms with van der Waals surface area (Å²) in [4.78, 5) is 10.9. The average Bonchev–Trinajstić information content (AvgIpc) is 2.71. The lowest BCUT2D eigenvalue weighted by Crippen LogP contribution is -2.37. The minimum absolute atomic E-state index is 0.0829. The summed E-state index contributed by atoms with van der Waals surface area (Å²) < 4.78 is 26.3. The Morgan fingerprint density at radius 3 is 2.63 bits per heavy atom. The third-order valence-electron chi connectivity index (χ3n) is 2.78. The molecular formula is C11H17NO4S3. The summed E-state index contributed by atoms with van der Waals surface area (Å²) >= 11 is 2.49. The summed E-state index contributed by atoms with van der Waals surface area (Å²) in [5, 5.41) is 10.6. The Kier molecular flexibility index (Phi) is 5.43. The molecule has 0 aromatic carbocycles. The predicted molar refractivity (Wildman–Crippen MR) is 78.8 cm³/mol. The first kappa shape index (κ1) is 16.5. The summed E-state index contributed by atoms with van der Waals surface area (Å²) in [5.41, 5.74) is 0.477. The van der Waals surface area contributed by atoms with E-state index in [1.165, 1.54) is 11.4 Å². The second-order valence-electron chi connectivity index (χ2n) is 4.21. The highest BCUT2D eigenvalue weighted by molar-refractivity contribution is 7.98. The van der Waals surface area contributed by atoms with Crippen molar-refractivity contribution in [3.05, 3.63) is 15.8 Å². The van der Waals surface area contributed by atoms with Crippen LogP contribution >= 0.6 is 23.1 Å².